The van der Waals surface area contributed by atoms with Crippen LogP contribution in [0.15, 0.2) is 60.7 Å². The highest BCUT2D eigenvalue weighted by atomic mass is 16.6. The van der Waals surface area contributed by atoms with E-state index in [1.807, 2.05) is 31.2 Å². The van der Waals surface area contributed by atoms with Gasteiger partial charge in [0.25, 0.3) is 11.6 Å². The van der Waals surface area contributed by atoms with Gasteiger partial charge in [-0.15, -0.1) is 0 Å². The molecule has 2 heterocycles. The Balaban J connectivity index is 1.45. The standard InChI is InChI=1S/C26H28N4O4/c1-18-7-12-23(26(31)28-21-8-10-22(34-2)11-9-21)25(27-18)19-13-15-29(16-14-19)17-20-5-3-4-6-24(20)30(32)33/h3-12,19H,13-17H2,1-2H3,(H,28,31). The molecule has 34 heavy (non-hydrogen) atoms. The molecule has 1 saturated heterocycles. The van der Waals surface area contributed by atoms with Gasteiger partial charge in [0.1, 0.15) is 5.75 Å². The lowest BCUT2D eigenvalue weighted by molar-refractivity contribution is -0.385. The zero-order chi connectivity index (χ0) is 24.1. The number of rotatable bonds is 7. The molecule has 1 fully saturated rings. The van der Waals surface area contributed by atoms with Gasteiger partial charge in [-0.3, -0.25) is 24.8 Å². The Kier molecular flexibility index (Phi) is 7.18. The number of benzene rings is 2. The predicted molar refractivity (Wildman–Crippen MR) is 130 cm³/mol. The number of para-hydroxylation sites is 1. The highest BCUT2D eigenvalue weighted by Gasteiger charge is 2.27. The van der Waals surface area contributed by atoms with E-state index in [9.17, 15) is 14.9 Å². The first-order chi connectivity index (χ1) is 16.4. The Morgan fingerprint density at radius 3 is 2.50 bits per heavy atom. The molecule has 0 unspecified atom stereocenters. The second-order valence-corrected chi connectivity index (χ2v) is 8.50. The summed E-state index contributed by atoms with van der Waals surface area (Å²) in [6, 6.07) is 17.8. The lowest BCUT2D eigenvalue weighted by Gasteiger charge is -2.32. The third-order valence-corrected chi connectivity index (χ3v) is 6.21. The van der Waals surface area contributed by atoms with E-state index >= 15 is 0 Å². The largest absolute Gasteiger partial charge is 0.497 e. The minimum atomic E-state index is -0.327. The van der Waals surface area contributed by atoms with Crippen molar-refractivity contribution in [3.8, 4) is 5.75 Å². The number of carbonyl (C=O) groups excluding carboxylic acids is 1. The maximum atomic E-state index is 13.1. The van der Waals surface area contributed by atoms with Gasteiger partial charge < -0.3 is 10.1 Å². The first kappa shape index (κ1) is 23.4. The number of amides is 1. The molecule has 1 aliphatic rings. The van der Waals surface area contributed by atoms with Crippen LogP contribution in [-0.4, -0.2) is 40.9 Å². The number of nitrogens with one attached hydrogen (secondary N) is 1. The lowest BCUT2D eigenvalue weighted by atomic mass is 9.89. The number of hydrogen-bond donors (Lipinski definition) is 1. The van der Waals surface area contributed by atoms with Crippen molar-refractivity contribution in [2.24, 2.45) is 0 Å². The number of piperidine rings is 1. The topological polar surface area (TPSA) is 97.6 Å². The maximum Gasteiger partial charge on any atom is 0.273 e. The zero-order valence-electron chi connectivity index (χ0n) is 19.4. The van der Waals surface area contributed by atoms with Gasteiger partial charge in [0.2, 0.25) is 0 Å². The van der Waals surface area contributed by atoms with E-state index in [1.54, 1.807) is 43.5 Å². The fourth-order valence-corrected chi connectivity index (χ4v) is 4.38. The normalized spacial score (nSPS) is 14.5. The van der Waals surface area contributed by atoms with Crippen LogP contribution < -0.4 is 10.1 Å². The molecular formula is C26H28N4O4. The summed E-state index contributed by atoms with van der Waals surface area (Å²) in [5.74, 6) is 0.691. The molecule has 0 aliphatic carbocycles. The van der Waals surface area contributed by atoms with Gasteiger partial charge in [0, 0.05) is 35.5 Å². The van der Waals surface area contributed by atoms with Crippen molar-refractivity contribution in [1.82, 2.24) is 9.88 Å². The zero-order valence-corrected chi connectivity index (χ0v) is 19.4. The smallest absolute Gasteiger partial charge is 0.273 e. The summed E-state index contributed by atoms with van der Waals surface area (Å²) >= 11 is 0. The van der Waals surface area contributed by atoms with Gasteiger partial charge in [-0.2, -0.15) is 0 Å². The molecule has 2 aromatic carbocycles. The maximum absolute atomic E-state index is 13.1. The molecule has 176 valence electrons. The van der Waals surface area contributed by atoms with Crippen molar-refractivity contribution in [2.75, 3.05) is 25.5 Å². The SMILES string of the molecule is COc1ccc(NC(=O)c2ccc(C)nc2C2CCN(Cc3ccccc3[N+](=O)[O-])CC2)cc1. The number of pyridine rings is 1. The summed E-state index contributed by atoms with van der Waals surface area (Å²) in [5, 5.41) is 14.3. The van der Waals surface area contributed by atoms with E-state index in [0.29, 0.717) is 17.8 Å². The van der Waals surface area contributed by atoms with Crippen LogP contribution in [0.4, 0.5) is 11.4 Å². The molecule has 4 rings (SSSR count). The van der Waals surface area contributed by atoms with Crippen molar-refractivity contribution < 1.29 is 14.5 Å². The number of anilines is 1. The fraction of sp³-hybridized carbons (Fsp3) is 0.308. The Morgan fingerprint density at radius 1 is 1.12 bits per heavy atom. The molecule has 0 bridgehead atoms. The number of aryl methyl sites for hydroxylation is 1. The van der Waals surface area contributed by atoms with Crippen molar-refractivity contribution in [1.29, 1.82) is 0 Å². The minimum Gasteiger partial charge on any atom is -0.497 e. The van der Waals surface area contributed by atoms with Gasteiger partial charge >= 0.3 is 0 Å². The average molecular weight is 461 g/mol. The summed E-state index contributed by atoms with van der Waals surface area (Å²) < 4.78 is 5.17. The van der Waals surface area contributed by atoms with Crippen molar-refractivity contribution in [2.45, 2.75) is 32.2 Å². The molecule has 8 heteroatoms. The van der Waals surface area contributed by atoms with Crippen LogP contribution in [0, 0.1) is 17.0 Å². The van der Waals surface area contributed by atoms with E-state index in [-0.39, 0.29) is 22.4 Å². The van der Waals surface area contributed by atoms with Crippen molar-refractivity contribution in [3.05, 3.63) is 93.3 Å². The monoisotopic (exact) mass is 460 g/mol. The molecule has 0 spiro atoms. The molecule has 3 aromatic rings. The first-order valence-electron chi connectivity index (χ1n) is 11.3. The van der Waals surface area contributed by atoms with Gasteiger partial charge in [-0.25, -0.2) is 0 Å². The quantitative estimate of drug-likeness (QED) is 0.396. The highest BCUT2D eigenvalue weighted by Crippen LogP contribution is 2.31. The van der Waals surface area contributed by atoms with Gasteiger partial charge in [0.05, 0.1) is 23.3 Å². The molecule has 1 amide bonds. The van der Waals surface area contributed by atoms with Crippen LogP contribution in [0.2, 0.25) is 0 Å². The molecule has 0 radical (unpaired) electrons. The van der Waals surface area contributed by atoms with Crippen LogP contribution in [0.1, 0.15) is 46.1 Å². The molecular weight excluding hydrogens is 432 g/mol. The summed E-state index contributed by atoms with van der Waals surface area (Å²) in [7, 11) is 1.60. The molecule has 0 saturated carbocycles. The lowest BCUT2D eigenvalue weighted by Crippen LogP contribution is -2.33. The van der Waals surface area contributed by atoms with Crippen molar-refractivity contribution >= 4 is 17.3 Å². The number of aromatic nitrogens is 1. The minimum absolute atomic E-state index is 0.151. The number of hydrogen-bond acceptors (Lipinski definition) is 6. The molecule has 8 nitrogen and oxygen atoms in total. The molecule has 1 aromatic heterocycles. The fourth-order valence-electron chi connectivity index (χ4n) is 4.38. The molecule has 0 atom stereocenters. The summed E-state index contributed by atoms with van der Waals surface area (Å²) in [6.45, 7) is 4.03. The van der Waals surface area contributed by atoms with E-state index in [0.717, 1.165) is 48.6 Å². The van der Waals surface area contributed by atoms with Gasteiger partial charge in [-0.1, -0.05) is 18.2 Å². The predicted octanol–water partition coefficient (Wildman–Crippen LogP) is 4.94. The number of carbonyl (C=O) groups is 1. The van der Waals surface area contributed by atoms with Gasteiger partial charge in [0.15, 0.2) is 0 Å². The van der Waals surface area contributed by atoms with Crippen LogP contribution in [0.5, 0.6) is 5.75 Å². The second-order valence-electron chi connectivity index (χ2n) is 8.50. The Bertz CT molecular complexity index is 1170. The second kappa shape index (κ2) is 10.4. The number of nitrogens with zero attached hydrogens (tertiary/aromatic N) is 3. The first-order valence-corrected chi connectivity index (χ1v) is 11.3. The number of nitro groups is 1. The van der Waals surface area contributed by atoms with Crippen molar-refractivity contribution in [3.63, 3.8) is 0 Å². The van der Waals surface area contributed by atoms with E-state index in [2.05, 4.69) is 10.2 Å². The number of methoxy groups -OCH3 is 1. The summed E-state index contributed by atoms with van der Waals surface area (Å²) in [5.41, 5.74) is 3.84. The Morgan fingerprint density at radius 2 is 1.82 bits per heavy atom. The van der Waals surface area contributed by atoms with Crippen LogP contribution in [0.25, 0.3) is 0 Å². The van der Waals surface area contributed by atoms with E-state index in [1.165, 1.54) is 0 Å². The van der Waals surface area contributed by atoms with Gasteiger partial charge in [-0.05, 0) is 69.3 Å². The van der Waals surface area contributed by atoms with E-state index in [4.69, 9.17) is 9.72 Å². The molecule has 1 aliphatic heterocycles. The summed E-state index contributed by atoms with van der Waals surface area (Å²) in [6.07, 6.45) is 1.67. The molecule has 1 N–H and O–H groups in total. The number of likely N-dealkylation sites (tertiary alicyclic amines) is 1. The average Bonchev–Trinajstić information content (AvgIpc) is 2.85. The third kappa shape index (κ3) is 5.40. The highest BCUT2D eigenvalue weighted by molar-refractivity contribution is 6.05. The van der Waals surface area contributed by atoms with Crippen LogP contribution in [-0.2, 0) is 6.54 Å². The Labute approximate surface area is 198 Å². The van der Waals surface area contributed by atoms with Crippen LogP contribution >= 0.6 is 0 Å². The third-order valence-electron chi connectivity index (χ3n) is 6.21. The number of nitro benzene ring substituents is 1. The van der Waals surface area contributed by atoms with Crippen LogP contribution in [0.3, 0.4) is 0 Å². The Hall–Kier alpha value is -3.78. The number of ether oxygens (including phenoxy) is 1. The summed E-state index contributed by atoms with van der Waals surface area (Å²) in [4.78, 5) is 31.1. The van der Waals surface area contributed by atoms with E-state index < -0.39 is 0 Å².